The summed E-state index contributed by atoms with van der Waals surface area (Å²) in [6.45, 7) is 0. The van der Waals surface area contributed by atoms with Gasteiger partial charge >= 0.3 is 0 Å². The number of amides is 1. The van der Waals surface area contributed by atoms with E-state index in [9.17, 15) is 9.90 Å². The highest BCUT2D eigenvalue weighted by molar-refractivity contribution is 6.32. The van der Waals surface area contributed by atoms with Gasteiger partial charge in [-0.15, -0.1) is 0 Å². The van der Waals surface area contributed by atoms with E-state index >= 15 is 0 Å². The number of hydrogen-bond acceptors (Lipinski definition) is 3. The summed E-state index contributed by atoms with van der Waals surface area (Å²) >= 11 is 17.8. The van der Waals surface area contributed by atoms with Gasteiger partial charge in [0.25, 0.3) is 5.91 Å². The third kappa shape index (κ3) is 4.41. The lowest BCUT2D eigenvalue weighted by Gasteiger charge is -2.11. The fraction of sp³-hybridized carbons (Fsp3) is 0. The Labute approximate surface area is 164 Å². The molecule has 0 saturated heterocycles. The number of phenols is 1. The third-order valence-corrected chi connectivity index (χ3v) is 4.22. The SMILES string of the molecule is O=C(Nc1ccc(Oc2ccc(Cl)cc2)c(Cl)c1)c1ccc(Cl)cc1O. The van der Waals surface area contributed by atoms with Crippen LogP contribution in [0.1, 0.15) is 10.4 Å². The van der Waals surface area contributed by atoms with Gasteiger partial charge in [0.1, 0.15) is 17.2 Å². The van der Waals surface area contributed by atoms with Gasteiger partial charge in [-0.25, -0.2) is 0 Å². The van der Waals surface area contributed by atoms with Gasteiger partial charge in [0.15, 0.2) is 0 Å². The normalized spacial score (nSPS) is 10.4. The second-order valence-corrected chi connectivity index (χ2v) is 6.60. The second kappa shape index (κ2) is 7.87. The maximum atomic E-state index is 12.3. The van der Waals surface area contributed by atoms with Crippen molar-refractivity contribution in [2.75, 3.05) is 5.32 Å². The van der Waals surface area contributed by atoms with Gasteiger partial charge in [-0.05, 0) is 60.7 Å². The van der Waals surface area contributed by atoms with Crippen LogP contribution in [0, 0.1) is 0 Å². The van der Waals surface area contributed by atoms with Crippen LogP contribution >= 0.6 is 34.8 Å². The number of nitrogens with one attached hydrogen (secondary N) is 1. The van der Waals surface area contributed by atoms with Crippen molar-refractivity contribution < 1.29 is 14.6 Å². The average Bonchev–Trinajstić information content (AvgIpc) is 2.59. The first kappa shape index (κ1) is 18.4. The van der Waals surface area contributed by atoms with E-state index in [0.717, 1.165) is 0 Å². The summed E-state index contributed by atoms with van der Waals surface area (Å²) in [4.78, 5) is 12.3. The first-order valence-corrected chi connectivity index (χ1v) is 8.58. The van der Waals surface area contributed by atoms with Crippen LogP contribution in [0.25, 0.3) is 0 Å². The van der Waals surface area contributed by atoms with E-state index < -0.39 is 5.91 Å². The molecule has 0 saturated carbocycles. The zero-order valence-electron chi connectivity index (χ0n) is 13.2. The zero-order chi connectivity index (χ0) is 18.7. The fourth-order valence-electron chi connectivity index (χ4n) is 2.19. The van der Waals surface area contributed by atoms with Gasteiger partial charge in [-0.3, -0.25) is 4.79 Å². The molecule has 0 fully saturated rings. The second-order valence-electron chi connectivity index (χ2n) is 5.32. The number of hydrogen-bond donors (Lipinski definition) is 2. The molecule has 3 aromatic carbocycles. The Hall–Kier alpha value is -2.40. The minimum atomic E-state index is -0.485. The van der Waals surface area contributed by atoms with Crippen molar-refractivity contribution in [2.45, 2.75) is 0 Å². The molecule has 0 radical (unpaired) electrons. The highest BCUT2D eigenvalue weighted by atomic mass is 35.5. The van der Waals surface area contributed by atoms with Crippen LogP contribution in [0.4, 0.5) is 5.69 Å². The topological polar surface area (TPSA) is 58.6 Å². The van der Waals surface area contributed by atoms with Gasteiger partial charge in [0, 0.05) is 15.7 Å². The van der Waals surface area contributed by atoms with E-state index in [-0.39, 0.29) is 11.3 Å². The summed E-state index contributed by atoms with van der Waals surface area (Å²) in [7, 11) is 0. The molecule has 2 N–H and O–H groups in total. The van der Waals surface area contributed by atoms with Crippen molar-refractivity contribution >= 4 is 46.4 Å². The molecule has 7 heteroatoms. The zero-order valence-corrected chi connectivity index (χ0v) is 15.4. The van der Waals surface area contributed by atoms with E-state index in [4.69, 9.17) is 39.5 Å². The first-order chi connectivity index (χ1) is 12.4. The van der Waals surface area contributed by atoms with Crippen molar-refractivity contribution in [3.05, 3.63) is 81.3 Å². The van der Waals surface area contributed by atoms with Crippen LogP contribution in [0.3, 0.4) is 0 Å². The van der Waals surface area contributed by atoms with Crippen molar-refractivity contribution in [3.8, 4) is 17.2 Å². The Bertz CT molecular complexity index is 959. The molecule has 132 valence electrons. The number of ether oxygens (including phenoxy) is 1. The number of halogens is 3. The Morgan fingerprint density at radius 2 is 1.58 bits per heavy atom. The number of benzene rings is 3. The van der Waals surface area contributed by atoms with E-state index in [1.54, 1.807) is 42.5 Å². The predicted molar refractivity (Wildman–Crippen MR) is 104 cm³/mol. The third-order valence-electron chi connectivity index (χ3n) is 3.44. The molecule has 4 nitrogen and oxygen atoms in total. The van der Waals surface area contributed by atoms with Crippen LogP contribution in [0.15, 0.2) is 60.7 Å². The molecular formula is C19H12Cl3NO3. The lowest BCUT2D eigenvalue weighted by atomic mass is 10.2. The summed E-state index contributed by atoms with van der Waals surface area (Å²) in [6, 6.07) is 15.9. The first-order valence-electron chi connectivity index (χ1n) is 7.45. The van der Waals surface area contributed by atoms with E-state index in [0.29, 0.717) is 32.3 Å². The summed E-state index contributed by atoms with van der Waals surface area (Å²) < 4.78 is 5.68. The highest BCUT2D eigenvalue weighted by Gasteiger charge is 2.13. The predicted octanol–water partition coefficient (Wildman–Crippen LogP) is 6.40. The highest BCUT2D eigenvalue weighted by Crippen LogP contribution is 2.32. The molecule has 0 spiro atoms. The smallest absolute Gasteiger partial charge is 0.259 e. The number of aromatic hydroxyl groups is 1. The number of carbonyl (C=O) groups excluding carboxylic acids is 1. The van der Waals surface area contributed by atoms with Crippen molar-refractivity contribution in [1.29, 1.82) is 0 Å². The molecule has 0 atom stereocenters. The minimum Gasteiger partial charge on any atom is -0.507 e. The van der Waals surface area contributed by atoms with Crippen LogP contribution in [-0.4, -0.2) is 11.0 Å². The minimum absolute atomic E-state index is 0.104. The molecular weight excluding hydrogens is 397 g/mol. The Balaban J connectivity index is 1.74. The molecule has 0 aliphatic carbocycles. The van der Waals surface area contributed by atoms with Crippen LogP contribution in [0.2, 0.25) is 15.1 Å². The lowest BCUT2D eigenvalue weighted by molar-refractivity contribution is 0.102. The summed E-state index contributed by atoms with van der Waals surface area (Å²) in [5, 5.41) is 13.7. The maximum absolute atomic E-state index is 12.3. The average molecular weight is 409 g/mol. The summed E-state index contributed by atoms with van der Waals surface area (Å²) in [5.41, 5.74) is 0.560. The molecule has 1 amide bonds. The molecule has 0 aromatic heterocycles. The molecule has 0 unspecified atom stereocenters. The van der Waals surface area contributed by atoms with E-state index in [1.165, 1.54) is 18.2 Å². The molecule has 0 heterocycles. The van der Waals surface area contributed by atoms with Gasteiger partial charge < -0.3 is 15.2 Å². The monoisotopic (exact) mass is 407 g/mol. The standard InChI is InChI=1S/C19H12Cl3NO3/c20-11-1-5-14(6-2-11)26-18-8-4-13(10-16(18)22)23-19(25)15-7-3-12(21)9-17(15)24/h1-10,24H,(H,23,25). The van der Waals surface area contributed by atoms with Crippen molar-refractivity contribution in [2.24, 2.45) is 0 Å². The molecule has 26 heavy (non-hydrogen) atoms. The number of anilines is 1. The number of rotatable bonds is 4. The van der Waals surface area contributed by atoms with Gasteiger partial charge in [-0.2, -0.15) is 0 Å². The van der Waals surface area contributed by atoms with Crippen LogP contribution in [-0.2, 0) is 0 Å². The summed E-state index contributed by atoms with van der Waals surface area (Å²) in [6.07, 6.45) is 0. The number of phenolic OH excluding ortho intramolecular Hbond substituents is 1. The van der Waals surface area contributed by atoms with Crippen molar-refractivity contribution in [3.63, 3.8) is 0 Å². The quantitative estimate of drug-likeness (QED) is 0.525. The molecule has 3 rings (SSSR count). The fourth-order valence-corrected chi connectivity index (χ4v) is 2.70. The van der Waals surface area contributed by atoms with E-state index in [2.05, 4.69) is 5.32 Å². The lowest BCUT2D eigenvalue weighted by Crippen LogP contribution is -2.12. The van der Waals surface area contributed by atoms with Gasteiger partial charge in [-0.1, -0.05) is 34.8 Å². The van der Waals surface area contributed by atoms with Crippen LogP contribution in [0.5, 0.6) is 17.2 Å². The Kier molecular flexibility index (Phi) is 5.57. The molecule has 0 aliphatic rings. The molecule has 3 aromatic rings. The molecule has 0 bridgehead atoms. The number of carbonyl (C=O) groups is 1. The van der Waals surface area contributed by atoms with E-state index in [1.807, 2.05) is 0 Å². The van der Waals surface area contributed by atoms with Gasteiger partial charge in [0.05, 0.1) is 10.6 Å². The summed E-state index contributed by atoms with van der Waals surface area (Å²) in [5.74, 6) is 0.325. The van der Waals surface area contributed by atoms with Crippen molar-refractivity contribution in [1.82, 2.24) is 0 Å². The maximum Gasteiger partial charge on any atom is 0.259 e. The molecule has 0 aliphatic heterocycles. The van der Waals surface area contributed by atoms with Gasteiger partial charge in [0.2, 0.25) is 0 Å². The Morgan fingerprint density at radius 1 is 0.885 bits per heavy atom. The Morgan fingerprint density at radius 3 is 2.23 bits per heavy atom. The van der Waals surface area contributed by atoms with Crippen LogP contribution < -0.4 is 10.1 Å². The largest absolute Gasteiger partial charge is 0.507 e.